The van der Waals surface area contributed by atoms with E-state index in [-0.39, 0.29) is 11.7 Å². The second kappa shape index (κ2) is 8.54. The van der Waals surface area contributed by atoms with Gasteiger partial charge in [0, 0.05) is 18.6 Å². The standard InChI is InChI=1S/C19H20ClN5OS/c1-13-4-9-17(14(2)10-13)25-19(21-22-23-25)27-12-18(26)24(3)11-15-5-7-16(20)8-6-15/h4-10H,11-12H2,1-3H3. The fraction of sp³-hybridized carbons (Fsp3) is 0.263. The molecule has 0 fully saturated rings. The number of aromatic nitrogens is 4. The zero-order chi connectivity index (χ0) is 19.4. The Balaban J connectivity index is 1.64. The lowest BCUT2D eigenvalue weighted by molar-refractivity contribution is -0.127. The zero-order valence-corrected chi connectivity index (χ0v) is 17.0. The minimum atomic E-state index is 0.00475. The molecule has 0 aliphatic heterocycles. The number of aryl methyl sites for hydroxylation is 2. The number of rotatable bonds is 6. The highest BCUT2D eigenvalue weighted by atomic mass is 35.5. The van der Waals surface area contributed by atoms with Crippen LogP contribution in [0.5, 0.6) is 0 Å². The van der Waals surface area contributed by atoms with Gasteiger partial charge >= 0.3 is 0 Å². The molecule has 1 heterocycles. The SMILES string of the molecule is Cc1ccc(-n2nnnc2SCC(=O)N(C)Cc2ccc(Cl)cc2)c(C)c1. The Bertz CT molecular complexity index is 942. The fourth-order valence-electron chi connectivity index (χ4n) is 2.65. The van der Waals surface area contributed by atoms with Gasteiger partial charge in [-0.25, -0.2) is 0 Å². The average Bonchev–Trinajstić information content (AvgIpc) is 3.09. The Morgan fingerprint density at radius 3 is 2.63 bits per heavy atom. The summed E-state index contributed by atoms with van der Waals surface area (Å²) in [7, 11) is 1.78. The maximum atomic E-state index is 12.5. The maximum Gasteiger partial charge on any atom is 0.233 e. The molecule has 0 saturated heterocycles. The molecule has 1 amide bonds. The van der Waals surface area contributed by atoms with Crippen molar-refractivity contribution >= 4 is 29.3 Å². The quantitative estimate of drug-likeness (QED) is 0.589. The van der Waals surface area contributed by atoms with Crippen LogP contribution < -0.4 is 0 Å². The van der Waals surface area contributed by atoms with E-state index in [1.165, 1.54) is 17.3 Å². The molecular weight excluding hydrogens is 382 g/mol. The highest BCUT2D eigenvalue weighted by molar-refractivity contribution is 7.99. The van der Waals surface area contributed by atoms with Crippen LogP contribution in [0.3, 0.4) is 0 Å². The molecule has 6 nitrogen and oxygen atoms in total. The molecule has 0 bridgehead atoms. The highest BCUT2D eigenvalue weighted by Gasteiger charge is 2.15. The van der Waals surface area contributed by atoms with Crippen molar-refractivity contribution < 1.29 is 4.79 Å². The molecular formula is C19H20ClN5OS. The van der Waals surface area contributed by atoms with Crippen LogP contribution in [0, 0.1) is 13.8 Å². The third-order valence-electron chi connectivity index (χ3n) is 4.10. The van der Waals surface area contributed by atoms with Crippen molar-refractivity contribution in [2.45, 2.75) is 25.5 Å². The summed E-state index contributed by atoms with van der Waals surface area (Å²) in [6.07, 6.45) is 0. The van der Waals surface area contributed by atoms with Gasteiger partial charge in [0.15, 0.2) is 0 Å². The van der Waals surface area contributed by atoms with Gasteiger partial charge in [0.05, 0.1) is 11.4 Å². The Kier molecular flexibility index (Phi) is 6.13. The second-order valence-corrected chi connectivity index (χ2v) is 7.71. The summed E-state index contributed by atoms with van der Waals surface area (Å²) in [5, 5.41) is 13.2. The van der Waals surface area contributed by atoms with Gasteiger partial charge in [-0.1, -0.05) is 53.2 Å². The Morgan fingerprint density at radius 1 is 1.19 bits per heavy atom. The first-order valence-electron chi connectivity index (χ1n) is 8.41. The minimum absolute atomic E-state index is 0.00475. The first-order valence-corrected chi connectivity index (χ1v) is 9.77. The summed E-state index contributed by atoms with van der Waals surface area (Å²) in [6.45, 7) is 4.59. The number of carbonyl (C=O) groups is 1. The molecule has 27 heavy (non-hydrogen) atoms. The van der Waals surface area contributed by atoms with Crippen LogP contribution in [0.15, 0.2) is 47.6 Å². The van der Waals surface area contributed by atoms with Crippen molar-refractivity contribution in [1.29, 1.82) is 0 Å². The summed E-state index contributed by atoms with van der Waals surface area (Å²) >= 11 is 7.22. The fourth-order valence-corrected chi connectivity index (χ4v) is 3.60. The van der Waals surface area contributed by atoms with Gasteiger partial charge in [0.1, 0.15) is 0 Å². The molecule has 0 unspecified atom stereocenters. The predicted octanol–water partition coefficient (Wildman–Crippen LogP) is 3.68. The minimum Gasteiger partial charge on any atom is -0.341 e. The van der Waals surface area contributed by atoms with Gasteiger partial charge in [0.25, 0.3) is 0 Å². The molecule has 0 spiro atoms. The van der Waals surface area contributed by atoms with Gasteiger partial charge in [-0.15, -0.1) is 5.10 Å². The van der Waals surface area contributed by atoms with Gasteiger partial charge in [-0.2, -0.15) is 4.68 Å². The summed E-state index contributed by atoms with van der Waals surface area (Å²) < 4.78 is 1.67. The molecule has 0 radical (unpaired) electrons. The number of halogens is 1. The van der Waals surface area contributed by atoms with Crippen LogP contribution in [0.25, 0.3) is 5.69 Å². The van der Waals surface area contributed by atoms with E-state index in [0.29, 0.717) is 16.7 Å². The first kappa shape index (κ1) is 19.4. The summed E-state index contributed by atoms with van der Waals surface area (Å²) in [6, 6.07) is 13.6. The van der Waals surface area contributed by atoms with Crippen LogP contribution in [0.2, 0.25) is 5.02 Å². The van der Waals surface area contributed by atoms with Gasteiger partial charge < -0.3 is 4.90 Å². The summed E-state index contributed by atoms with van der Waals surface area (Å²) in [5.41, 5.74) is 4.20. The van der Waals surface area contributed by atoms with Crippen LogP contribution in [0.1, 0.15) is 16.7 Å². The Labute approximate surface area is 167 Å². The lowest BCUT2D eigenvalue weighted by Crippen LogP contribution is -2.27. The molecule has 0 N–H and O–H groups in total. The third-order valence-corrected chi connectivity index (χ3v) is 5.26. The normalized spacial score (nSPS) is 10.8. The van der Waals surface area contributed by atoms with Crippen LogP contribution in [0.4, 0.5) is 0 Å². The molecule has 0 atom stereocenters. The molecule has 0 aliphatic carbocycles. The number of carbonyl (C=O) groups excluding carboxylic acids is 1. The van der Waals surface area contributed by atoms with Crippen molar-refractivity contribution in [3.63, 3.8) is 0 Å². The number of hydrogen-bond donors (Lipinski definition) is 0. The molecule has 2 aromatic carbocycles. The molecule has 1 aromatic heterocycles. The second-order valence-electron chi connectivity index (χ2n) is 6.33. The lowest BCUT2D eigenvalue weighted by atomic mass is 10.1. The number of nitrogens with zero attached hydrogens (tertiary/aromatic N) is 5. The number of hydrogen-bond acceptors (Lipinski definition) is 5. The van der Waals surface area contributed by atoms with E-state index >= 15 is 0 Å². The predicted molar refractivity (Wildman–Crippen MR) is 107 cm³/mol. The summed E-state index contributed by atoms with van der Waals surface area (Å²) in [5.74, 6) is 0.264. The Morgan fingerprint density at radius 2 is 1.93 bits per heavy atom. The average molecular weight is 402 g/mol. The number of tetrazole rings is 1. The van der Waals surface area contributed by atoms with Crippen LogP contribution in [-0.2, 0) is 11.3 Å². The lowest BCUT2D eigenvalue weighted by Gasteiger charge is -2.17. The topological polar surface area (TPSA) is 63.9 Å². The van der Waals surface area contributed by atoms with E-state index in [0.717, 1.165) is 16.8 Å². The molecule has 0 aliphatic rings. The van der Waals surface area contributed by atoms with Crippen molar-refractivity contribution in [1.82, 2.24) is 25.1 Å². The number of benzene rings is 2. The molecule has 0 saturated carbocycles. The summed E-state index contributed by atoms with van der Waals surface area (Å²) in [4.78, 5) is 14.2. The van der Waals surface area contributed by atoms with E-state index in [1.54, 1.807) is 16.6 Å². The molecule has 140 valence electrons. The van der Waals surface area contributed by atoms with E-state index in [1.807, 2.05) is 50.2 Å². The van der Waals surface area contributed by atoms with E-state index < -0.39 is 0 Å². The van der Waals surface area contributed by atoms with E-state index in [2.05, 4.69) is 21.6 Å². The van der Waals surface area contributed by atoms with Crippen molar-refractivity contribution in [2.24, 2.45) is 0 Å². The molecule has 8 heteroatoms. The Hall–Kier alpha value is -2.38. The van der Waals surface area contributed by atoms with Gasteiger partial charge in [0.2, 0.25) is 11.1 Å². The largest absolute Gasteiger partial charge is 0.341 e. The first-order chi connectivity index (χ1) is 12.9. The zero-order valence-electron chi connectivity index (χ0n) is 15.4. The van der Waals surface area contributed by atoms with Crippen molar-refractivity contribution in [2.75, 3.05) is 12.8 Å². The monoisotopic (exact) mass is 401 g/mol. The van der Waals surface area contributed by atoms with Crippen LogP contribution >= 0.6 is 23.4 Å². The van der Waals surface area contributed by atoms with Crippen molar-refractivity contribution in [3.05, 3.63) is 64.2 Å². The smallest absolute Gasteiger partial charge is 0.233 e. The highest BCUT2D eigenvalue weighted by Crippen LogP contribution is 2.22. The van der Waals surface area contributed by atoms with E-state index in [4.69, 9.17) is 11.6 Å². The van der Waals surface area contributed by atoms with Gasteiger partial charge in [-0.05, 0) is 53.6 Å². The molecule has 3 rings (SSSR count). The number of thioether (sulfide) groups is 1. The van der Waals surface area contributed by atoms with Gasteiger partial charge in [-0.3, -0.25) is 4.79 Å². The van der Waals surface area contributed by atoms with Crippen LogP contribution in [-0.4, -0.2) is 43.8 Å². The maximum absolute atomic E-state index is 12.5. The van der Waals surface area contributed by atoms with Crippen molar-refractivity contribution in [3.8, 4) is 5.69 Å². The van der Waals surface area contributed by atoms with E-state index in [9.17, 15) is 4.79 Å². The molecule has 3 aromatic rings. The third kappa shape index (κ3) is 4.87. The number of amides is 1.